The normalized spacial score (nSPS) is 13.5. The number of carbonyl (C=O) groups is 6. The highest BCUT2D eigenvalue weighted by molar-refractivity contribution is 5.94. The molecule has 44 heavy (non-hydrogen) atoms. The lowest BCUT2D eigenvalue weighted by Crippen LogP contribution is -2.57. The second-order valence-corrected chi connectivity index (χ2v) is 12.5. The van der Waals surface area contributed by atoms with Crippen LogP contribution in [0.5, 0.6) is 0 Å². The van der Waals surface area contributed by atoms with E-state index in [4.69, 9.17) is 18.9 Å². The molecule has 0 aliphatic heterocycles. The number of rotatable bonds is 14. The Labute approximate surface area is 259 Å². The van der Waals surface area contributed by atoms with Crippen LogP contribution in [0, 0.1) is 5.92 Å². The van der Waals surface area contributed by atoms with Crippen molar-refractivity contribution in [3.63, 3.8) is 0 Å². The Kier molecular flexibility index (Phi) is 14.8. The van der Waals surface area contributed by atoms with Crippen molar-refractivity contribution in [3.05, 3.63) is 35.9 Å². The minimum atomic E-state index is -1.38. The first-order valence-corrected chi connectivity index (χ1v) is 14.4. The molecule has 3 unspecified atom stereocenters. The van der Waals surface area contributed by atoms with Gasteiger partial charge in [-0.05, 0) is 59.4 Å². The molecule has 0 heterocycles. The Hall–Kier alpha value is -4.16. The van der Waals surface area contributed by atoms with Crippen molar-refractivity contribution < 1.29 is 47.7 Å². The molecule has 1 aromatic carbocycles. The lowest BCUT2D eigenvalue weighted by atomic mass is 10.0. The third-order valence-electron chi connectivity index (χ3n) is 5.72. The Morgan fingerprint density at radius 1 is 0.750 bits per heavy atom. The number of hydrogen-bond acceptors (Lipinski definition) is 10. The summed E-state index contributed by atoms with van der Waals surface area (Å²) in [6.45, 7) is 13.3. The fraction of sp³-hybridized carbons (Fsp3) is 0.613. The van der Waals surface area contributed by atoms with E-state index in [1.807, 2.05) is 6.07 Å². The molecular weight excluding hydrogens is 574 g/mol. The van der Waals surface area contributed by atoms with Gasteiger partial charge in [0.15, 0.2) is 0 Å². The number of methoxy groups -OCH3 is 1. The van der Waals surface area contributed by atoms with Crippen molar-refractivity contribution in [1.82, 2.24) is 16.0 Å². The van der Waals surface area contributed by atoms with Crippen LogP contribution in [0.4, 0.5) is 4.79 Å². The van der Waals surface area contributed by atoms with E-state index in [1.165, 1.54) is 0 Å². The van der Waals surface area contributed by atoms with E-state index >= 15 is 0 Å². The zero-order valence-electron chi connectivity index (χ0n) is 27.1. The van der Waals surface area contributed by atoms with E-state index in [2.05, 4.69) is 16.0 Å². The van der Waals surface area contributed by atoms with Crippen LogP contribution in [0.2, 0.25) is 0 Å². The lowest BCUT2D eigenvalue weighted by molar-refractivity contribution is -0.159. The van der Waals surface area contributed by atoms with Gasteiger partial charge < -0.3 is 34.9 Å². The topological polar surface area (TPSA) is 175 Å². The second-order valence-electron chi connectivity index (χ2n) is 12.5. The number of ether oxygens (including phenoxy) is 4. The summed E-state index contributed by atoms with van der Waals surface area (Å²) in [4.78, 5) is 76.4. The van der Waals surface area contributed by atoms with Gasteiger partial charge in [0, 0.05) is 6.42 Å². The van der Waals surface area contributed by atoms with Gasteiger partial charge in [0.2, 0.25) is 11.8 Å². The molecule has 246 valence electrons. The van der Waals surface area contributed by atoms with E-state index in [9.17, 15) is 28.8 Å². The van der Waals surface area contributed by atoms with Gasteiger partial charge in [0.1, 0.15) is 35.9 Å². The summed E-state index contributed by atoms with van der Waals surface area (Å²) in [7, 11) is 1.11. The largest absolute Gasteiger partial charge is 0.467 e. The maximum atomic E-state index is 13.4. The SMILES string of the molecule is COC(=O)C(CC(=O)OC(C)(C)C)NC(=O)C(NC(=O)C(CCC(=O)OC(C)(C)C)NC(=O)OCc1ccccc1)C(C)C. The van der Waals surface area contributed by atoms with Gasteiger partial charge in [-0.15, -0.1) is 0 Å². The number of esters is 3. The molecular formula is C31H47N3O10. The highest BCUT2D eigenvalue weighted by Gasteiger charge is 2.34. The Balaban J connectivity index is 3.07. The Morgan fingerprint density at radius 2 is 1.32 bits per heavy atom. The molecule has 3 N–H and O–H groups in total. The van der Waals surface area contributed by atoms with E-state index in [0.717, 1.165) is 12.7 Å². The van der Waals surface area contributed by atoms with E-state index in [-0.39, 0.29) is 19.4 Å². The quantitative estimate of drug-likeness (QED) is 0.207. The third kappa shape index (κ3) is 15.4. The van der Waals surface area contributed by atoms with Gasteiger partial charge in [-0.1, -0.05) is 44.2 Å². The monoisotopic (exact) mass is 621 g/mol. The molecule has 0 bridgehead atoms. The predicted octanol–water partition coefficient (Wildman–Crippen LogP) is 2.93. The first-order valence-electron chi connectivity index (χ1n) is 14.4. The van der Waals surface area contributed by atoms with Crippen LogP contribution in [0.3, 0.4) is 0 Å². The molecule has 3 amide bonds. The van der Waals surface area contributed by atoms with Crippen molar-refractivity contribution >= 4 is 35.8 Å². The summed E-state index contributed by atoms with van der Waals surface area (Å²) in [5.41, 5.74) is -0.854. The van der Waals surface area contributed by atoms with E-state index in [0.29, 0.717) is 0 Å². The van der Waals surface area contributed by atoms with Gasteiger partial charge in [-0.2, -0.15) is 0 Å². The fourth-order valence-electron chi connectivity index (χ4n) is 3.77. The van der Waals surface area contributed by atoms with Gasteiger partial charge >= 0.3 is 24.0 Å². The second kappa shape index (κ2) is 17.2. The minimum Gasteiger partial charge on any atom is -0.467 e. The van der Waals surface area contributed by atoms with Gasteiger partial charge in [0.25, 0.3) is 0 Å². The average Bonchev–Trinajstić information content (AvgIpc) is 2.90. The number of amides is 3. The number of nitrogens with one attached hydrogen (secondary N) is 3. The van der Waals surface area contributed by atoms with Crippen LogP contribution < -0.4 is 16.0 Å². The summed E-state index contributed by atoms with van der Waals surface area (Å²) in [5.74, 6) is -4.24. The van der Waals surface area contributed by atoms with Crippen molar-refractivity contribution in [2.24, 2.45) is 5.92 Å². The molecule has 0 fully saturated rings. The molecule has 1 rings (SSSR count). The minimum absolute atomic E-state index is 0.0589. The van der Waals surface area contributed by atoms with Gasteiger partial charge in [-0.25, -0.2) is 9.59 Å². The van der Waals surface area contributed by atoms with Crippen LogP contribution in [0.25, 0.3) is 0 Å². The van der Waals surface area contributed by atoms with E-state index < -0.39 is 77.5 Å². The van der Waals surface area contributed by atoms with Crippen LogP contribution in [-0.4, -0.2) is 72.3 Å². The first kappa shape index (κ1) is 37.9. The summed E-state index contributed by atoms with van der Waals surface area (Å²) in [6.07, 6.45) is -1.78. The number of benzene rings is 1. The van der Waals surface area contributed by atoms with Crippen molar-refractivity contribution in [2.45, 2.75) is 111 Å². The molecule has 0 aliphatic rings. The van der Waals surface area contributed by atoms with Crippen LogP contribution in [0.1, 0.15) is 80.2 Å². The third-order valence-corrected chi connectivity index (χ3v) is 5.72. The average molecular weight is 622 g/mol. The van der Waals surface area contributed by atoms with Crippen LogP contribution >= 0.6 is 0 Å². The molecule has 0 saturated carbocycles. The van der Waals surface area contributed by atoms with Crippen molar-refractivity contribution in [1.29, 1.82) is 0 Å². The van der Waals surface area contributed by atoms with Crippen LogP contribution in [0.15, 0.2) is 30.3 Å². The molecule has 3 atom stereocenters. The Morgan fingerprint density at radius 3 is 1.84 bits per heavy atom. The number of alkyl carbamates (subject to hydrolysis) is 1. The number of carbonyl (C=O) groups excluding carboxylic acids is 6. The zero-order chi connectivity index (χ0) is 33.7. The maximum Gasteiger partial charge on any atom is 0.408 e. The summed E-state index contributed by atoms with van der Waals surface area (Å²) in [6, 6.07) is 5.04. The van der Waals surface area contributed by atoms with Crippen LogP contribution in [-0.2, 0) is 49.5 Å². The lowest BCUT2D eigenvalue weighted by Gasteiger charge is -2.27. The smallest absolute Gasteiger partial charge is 0.408 e. The zero-order valence-corrected chi connectivity index (χ0v) is 27.1. The number of hydrogen-bond donors (Lipinski definition) is 3. The molecule has 1 aromatic rings. The molecule has 0 aliphatic carbocycles. The molecule has 13 heteroatoms. The first-order chi connectivity index (χ1) is 20.3. The standard InChI is InChI=1S/C31H47N3O10/c1-19(2)25(27(38)32-22(28(39)41-9)17-24(36)44-31(6,7)8)34-26(37)21(15-16-23(35)43-30(3,4)5)33-29(40)42-18-20-13-11-10-12-14-20/h10-14,19,21-22,25H,15-18H2,1-9H3,(H,32,38)(H,33,40)(H,34,37). The molecule has 13 nitrogen and oxygen atoms in total. The van der Waals surface area contributed by atoms with Crippen molar-refractivity contribution in [2.75, 3.05) is 7.11 Å². The van der Waals surface area contributed by atoms with Gasteiger partial charge in [-0.3, -0.25) is 19.2 Å². The van der Waals surface area contributed by atoms with Gasteiger partial charge in [0.05, 0.1) is 13.5 Å². The van der Waals surface area contributed by atoms with Crippen molar-refractivity contribution in [3.8, 4) is 0 Å². The Bertz CT molecular complexity index is 1140. The molecule has 0 aromatic heterocycles. The molecule has 0 spiro atoms. The molecule has 0 radical (unpaired) electrons. The summed E-state index contributed by atoms with van der Waals surface area (Å²) < 4.78 is 20.5. The fourth-order valence-corrected chi connectivity index (χ4v) is 3.77. The highest BCUT2D eigenvalue weighted by Crippen LogP contribution is 2.13. The predicted molar refractivity (Wildman–Crippen MR) is 160 cm³/mol. The summed E-state index contributed by atoms with van der Waals surface area (Å²) >= 11 is 0. The maximum absolute atomic E-state index is 13.4. The summed E-state index contributed by atoms with van der Waals surface area (Å²) in [5, 5.41) is 7.49. The van der Waals surface area contributed by atoms with E-state index in [1.54, 1.807) is 79.7 Å². The highest BCUT2D eigenvalue weighted by atomic mass is 16.6. The molecule has 0 saturated heterocycles.